The lowest BCUT2D eigenvalue weighted by Gasteiger charge is -2.30. The fraction of sp³-hybridized carbons (Fsp3) is 0.333. The number of benzene rings is 1. The Morgan fingerprint density at radius 1 is 1.14 bits per heavy atom. The quantitative estimate of drug-likeness (QED) is 0.675. The zero-order valence-corrected chi connectivity index (χ0v) is 14.5. The molecule has 28 heavy (non-hydrogen) atoms. The maximum absolute atomic E-state index is 12.7. The van der Waals surface area contributed by atoms with Crippen LogP contribution in [0.2, 0.25) is 0 Å². The number of nitrogens with zero attached hydrogens (tertiary/aromatic N) is 4. The molecular weight excluding hydrogens is 377 g/mol. The molecule has 1 aliphatic rings. The van der Waals surface area contributed by atoms with Crippen molar-refractivity contribution in [3.05, 3.63) is 54.1 Å². The van der Waals surface area contributed by atoms with Gasteiger partial charge in [0.05, 0.1) is 12.1 Å². The summed E-state index contributed by atoms with van der Waals surface area (Å²) in [5.41, 5.74) is 0.739. The fourth-order valence-electron chi connectivity index (χ4n) is 3.12. The Balaban J connectivity index is 1.48. The first-order valence-electron chi connectivity index (χ1n) is 8.63. The Morgan fingerprint density at radius 3 is 2.64 bits per heavy atom. The van der Waals surface area contributed by atoms with Gasteiger partial charge in [-0.2, -0.15) is 13.2 Å². The third-order valence-electron chi connectivity index (χ3n) is 4.48. The van der Waals surface area contributed by atoms with E-state index in [1.165, 1.54) is 11.1 Å². The molecule has 4 rings (SSSR count). The van der Waals surface area contributed by atoms with Crippen LogP contribution in [0.4, 0.5) is 13.2 Å². The number of hydrogen-bond acceptors (Lipinski definition) is 6. The number of rotatable bonds is 3. The van der Waals surface area contributed by atoms with Gasteiger partial charge in [0.15, 0.2) is 0 Å². The normalized spacial score (nSPS) is 17.7. The number of amides is 1. The highest BCUT2D eigenvalue weighted by Gasteiger charge is 2.39. The Hall–Kier alpha value is -3.17. The third kappa shape index (κ3) is 3.62. The first-order chi connectivity index (χ1) is 13.4. The molecule has 146 valence electrons. The molecule has 1 atom stereocenters. The molecule has 0 N–H and O–H groups in total. The molecule has 1 fully saturated rings. The molecule has 1 unspecified atom stereocenters. The molecular formula is C18H15F3N4O3. The summed E-state index contributed by atoms with van der Waals surface area (Å²) in [6, 6.07) is 9.13. The summed E-state index contributed by atoms with van der Waals surface area (Å²) < 4.78 is 48.3. The lowest BCUT2D eigenvalue weighted by atomic mass is 9.98. The van der Waals surface area contributed by atoms with Crippen molar-refractivity contribution >= 4 is 5.91 Å². The van der Waals surface area contributed by atoms with Gasteiger partial charge in [-0.25, -0.2) is 4.98 Å². The van der Waals surface area contributed by atoms with Gasteiger partial charge in [-0.15, -0.1) is 10.2 Å². The molecule has 0 spiro atoms. The van der Waals surface area contributed by atoms with Crippen LogP contribution in [-0.4, -0.2) is 39.1 Å². The van der Waals surface area contributed by atoms with Crippen LogP contribution in [0.25, 0.3) is 11.5 Å². The predicted octanol–water partition coefficient (Wildman–Crippen LogP) is 3.76. The van der Waals surface area contributed by atoms with Crippen molar-refractivity contribution in [1.82, 2.24) is 20.1 Å². The van der Waals surface area contributed by atoms with Crippen LogP contribution in [0, 0.1) is 0 Å². The molecule has 0 aliphatic carbocycles. The zero-order chi connectivity index (χ0) is 19.7. The largest absolute Gasteiger partial charge is 0.470 e. The van der Waals surface area contributed by atoms with Crippen molar-refractivity contribution in [2.24, 2.45) is 0 Å². The van der Waals surface area contributed by atoms with Crippen LogP contribution in [0.3, 0.4) is 0 Å². The third-order valence-corrected chi connectivity index (χ3v) is 4.48. The summed E-state index contributed by atoms with van der Waals surface area (Å²) in [4.78, 5) is 18.4. The van der Waals surface area contributed by atoms with E-state index in [-0.39, 0.29) is 24.1 Å². The minimum Gasteiger partial charge on any atom is -0.431 e. The van der Waals surface area contributed by atoms with E-state index in [0.717, 1.165) is 5.56 Å². The highest BCUT2D eigenvalue weighted by atomic mass is 19.4. The minimum absolute atomic E-state index is 0.0704. The van der Waals surface area contributed by atoms with Crippen LogP contribution >= 0.6 is 0 Å². The second kappa shape index (κ2) is 7.10. The Morgan fingerprint density at radius 2 is 1.93 bits per heavy atom. The summed E-state index contributed by atoms with van der Waals surface area (Å²) in [5, 5.41) is 6.56. The van der Waals surface area contributed by atoms with E-state index in [0.29, 0.717) is 25.3 Å². The van der Waals surface area contributed by atoms with Crippen molar-refractivity contribution in [3.8, 4) is 11.5 Å². The average Bonchev–Trinajstić information content (AvgIpc) is 3.38. The van der Waals surface area contributed by atoms with Crippen molar-refractivity contribution in [2.75, 3.05) is 13.1 Å². The molecule has 2 aromatic heterocycles. The van der Waals surface area contributed by atoms with E-state index in [1.54, 1.807) is 0 Å². The van der Waals surface area contributed by atoms with E-state index < -0.39 is 18.0 Å². The van der Waals surface area contributed by atoms with Crippen molar-refractivity contribution in [1.29, 1.82) is 0 Å². The monoisotopic (exact) mass is 392 g/mol. The molecule has 1 amide bonds. The number of piperidine rings is 1. The maximum atomic E-state index is 12.7. The summed E-state index contributed by atoms with van der Waals surface area (Å²) in [6.07, 6.45) is -2.19. The van der Waals surface area contributed by atoms with Gasteiger partial charge in [0, 0.05) is 18.7 Å². The van der Waals surface area contributed by atoms with Gasteiger partial charge >= 0.3 is 12.1 Å². The molecule has 1 saturated heterocycles. The first-order valence-corrected chi connectivity index (χ1v) is 8.63. The maximum Gasteiger partial charge on any atom is 0.470 e. The second-order valence-corrected chi connectivity index (χ2v) is 6.43. The van der Waals surface area contributed by atoms with E-state index in [2.05, 4.69) is 15.2 Å². The first kappa shape index (κ1) is 18.2. The topological polar surface area (TPSA) is 85.3 Å². The van der Waals surface area contributed by atoms with E-state index in [1.807, 2.05) is 30.3 Å². The number of likely N-dealkylation sites (tertiary alicyclic amines) is 1. The lowest BCUT2D eigenvalue weighted by molar-refractivity contribution is -0.157. The fourth-order valence-corrected chi connectivity index (χ4v) is 3.12. The molecule has 0 radical (unpaired) electrons. The van der Waals surface area contributed by atoms with E-state index >= 15 is 0 Å². The number of alkyl halides is 3. The highest BCUT2D eigenvalue weighted by Crippen LogP contribution is 2.32. The van der Waals surface area contributed by atoms with Crippen LogP contribution in [0.5, 0.6) is 0 Å². The van der Waals surface area contributed by atoms with Crippen LogP contribution < -0.4 is 0 Å². The summed E-state index contributed by atoms with van der Waals surface area (Å²) in [5.74, 6) is -1.95. The smallest absolute Gasteiger partial charge is 0.431 e. The van der Waals surface area contributed by atoms with Crippen LogP contribution in [0.15, 0.2) is 45.4 Å². The predicted molar refractivity (Wildman–Crippen MR) is 89.1 cm³/mol. The van der Waals surface area contributed by atoms with Crippen molar-refractivity contribution in [3.63, 3.8) is 0 Å². The summed E-state index contributed by atoms with van der Waals surface area (Å²) in [7, 11) is 0. The zero-order valence-electron chi connectivity index (χ0n) is 14.5. The molecule has 1 aromatic carbocycles. The molecule has 1 aliphatic heterocycles. The van der Waals surface area contributed by atoms with E-state index in [4.69, 9.17) is 8.83 Å². The Labute approximate surface area is 157 Å². The standard InChI is InChI=1S/C18H15F3N4O3/c19-18(20,21)17-24-23-15(28-17)12-7-4-8-25(10-12)16(26)13-9-22-14(27-13)11-5-2-1-3-6-11/h1-3,5-6,9,12H,4,7-8,10H2. The number of halogens is 3. The van der Waals surface area contributed by atoms with Gasteiger partial charge < -0.3 is 13.7 Å². The Bertz CT molecular complexity index is 968. The van der Waals surface area contributed by atoms with Gasteiger partial charge in [0.2, 0.25) is 17.5 Å². The van der Waals surface area contributed by atoms with Gasteiger partial charge in [-0.05, 0) is 25.0 Å². The summed E-state index contributed by atoms with van der Waals surface area (Å²) >= 11 is 0. The molecule has 3 aromatic rings. The van der Waals surface area contributed by atoms with Crippen molar-refractivity contribution in [2.45, 2.75) is 24.9 Å². The number of oxazole rings is 1. The Kier molecular flexibility index (Phi) is 4.62. The molecule has 7 nitrogen and oxygen atoms in total. The molecule has 0 bridgehead atoms. The molecule has 10 heteroatoms. The van der Waals surface area contributed by atoms with Gasteiger partial charge in [-0.3, -0.25) is 4.79 Å². The highest BCUT2D eigenvalue weighted by molar-refractivity contribution is 5.91. The number of carbonyl (C=O) groups is 1. The van der Waals surface area contributed by atoms with Gasteiger partial charge in [-0.1, -0.05) is 18.2 Å². The summed E-state index contributed by atoms with van der Waals surface area (Å²) in [6.45, 7) is 0.622. The number of hydrogen-bond donors (Lipinski definition) is 0. The SMILES string of the molecule is O=C(c1cnc(-c2ccccc2)o1)N1CCCC(c2nnc(C(F)(F)F)o2)C1. The number of aromatic nitrogens is 3. The molecule has 0 saturated carbocycles. The van der Waals surface area contributed by atoms with Crippen LogP contribution in [0.1, 0.15) is 41.1 Å². The average molecular weight is 392 g/mol. The van der Waals surface area contributed by atoms with Gasteiger partial charge in [0.1, 0.15) is 0 Å². The van der Waals surface area contributed by atoms with Gasteiger partial charge in [0.25, 0.3) is 5.91 Å². The minimum atomic E-state index is -4.69. The lowest BCUT2D eigenvalue weighted by Crippen LogP contribution is -2.39. The van der Waals surface area contributed by atoms with E-state index in [9.17, 15) is 18.0 Å². The van der Waals surface area contributed by atoms with Crippen LogP contribution in [-0.2, 0) is 6.18 Å². The van der Waals surface area contributed by atoms with Crippen molar-refractivity contribution < 1.29 is 26.8 Å². The number of carbonyl (C=O) groups excluding carboxylic acids is 1. The second-order valence-electron chi connectivity index (χ2n) is 6.43. The molecule has 3 heterocycles.